The summed E-state index contributed by atoms with van der Waals surface area (Å²) in [4.78, 5) is 5.37. The van der Waals surface area contributed by atoms with Crippen LogP contribution in [0.3, 0.4) is 0 Å². The summed E-state index contributed by atoms with van der Waals surface area (Å²) < 4.78 is 11.6. The first kappa shape index (κ1) is 27.4. The maximum absolute atomic E-state index is 9.98. The minimum absolute atomic E-state index is 0.229. The molecular weight excluding hydrogens is 496 g/mol. The van der Waals surface area contributed by atoms with Crippen LogP contribution in [0.1, 0.15) is 61.3 Å². The smallest absolute Gasteiger partial charge is 0.158 e. The number of benzene rings is 2. The van der Waals surface area contributed by atoms with E-state index in [-0.39, 0.29) is 6.04 Å². The molecule has 0 saturated carbocycles. The van der Waals surface area contributed by atoms with Crippen molar-refractivity contribution < 1.29 is 14.6 Å². The predicted molar refractivity (Wildman–Crippen MR) is 160 cm³/mol. The summed E-state index contributed by atoms with van der Waals surface area (Å²) in [6, 6.07) is 17.2. The summed E-state index contributed by atoms with van der Waals surface area (Å²) in [6.07, 6.45) is 14.5. The molecule has 5 nitrogen and oxygen atoms in total. The van der Waals surface area contributed by atoms with Gasteiger partial charge in [-0.2, -0.15) is 0 Å². The van der Waals surface area contributed by atoms with Gasteiger partial charge < -0.3 is 14.6 Å². The van der Waals surface area contributed by atoms with Crippen molar-refractivity contribution in [1.29, 1.82) is 0 Å². The van der Waals surface area contributed by atoms with Crippen molar-refractivity contribution in [3.8, 4) is 5.75 Å². The molecule has 2 aromatic carbocycles. The van der Waals surface area contributed by atoms with Gasteiger partial charge in [0, 0.05) is 37.1 Å². The number of likely N-dealkylation sites (N-methyl/N-ethyl adjacent to an activating group) is 1. The molecule has 40 heavy (non-hydrogen) atoms. The Kier molecular flexibility index (Phi) is 8.22. The molecule has 0 radical (unpaired) electrons. The van der Waals surface area contributed by atoms with Gasteiger partial charge in [0.2, 0.25) is 0 Å². The van der Waals surface area contributed by atoms with E-state index in [2.05, 4.69) is 59.2 Å². The lowest BCUT2D eigenvalue weighted by molar-refractivity contribution is 0.132. The number of methoxy groups -OCH3 is 2. The second-order valence-corrected chi connectivity index (χ2v) is 12.3. The second-order valence-electron chi connectivity index (χ2n) is 12.3. The number of aryl methyl sites for hydroxylation is 1. The highest BCUT2D eigenvalue weighted by Gasteiger charge is 2.39. The Balaban J connectivity index is 1.17. The van der Waals surface area contributed by atoms with Gasteiger partial charge in [0.1, 0.15) is 5.75 Å². The van der Waals surface area contributed by atoms with Gasteiger partial charge in [-0.15, -0.1) is 0 Å². The van der Waals surface area contributed by atoms with Gasteiger partial charge in [-0.1, -0.05) is 37.3 Å². The van der Waals surface area contributed by atoms with E-state index < -0.39 is 0 Å². The number of fused-ring (bicyclic) bond motifs is 3. The zero-order valence-corrected chi connectivity index (χ0v) is 24.5. The fourth-order valence-corrected chi connectivity index (χ4v) is 8.02. The van der Waals surface area contributed by atoms with Crippen LogP contribution in [0.25, 0.3) is 0 Å². The van der Waals surface area contributed by atoms with Crippen molar-refractivity contribution in [2.24, 2.45) is 11.8 Å². The molecule has 2 aliphatic heterocycles. The third kappa shape index (κ3) is 5.56. The Morgan fingerprint density at radius 2 is 1.52 bits per heavy atom. The molecule has 0 aromatic heterocycles. The number of rotatable bonds is 10. The normalized spacial score (nSPS) is 27.9. The number of hydrogen-bond donors (Lipinski definition) is 1. The summed E-state index contributed by atoms with van der Waals surface area (Å²) in [5, 5.41) is 9.98. The molecule has 3 atom stereocenters. The molecule has 214 valence electrons. The molecule has 2 saturated heterocycles. The van der Waals surface area contributed by atoms with Crippen molar-refractivity contribution >= 4 is 0 Å². The standard InChI is InChI=1S/C35H46N2O3/c1-4-36(23-25-7-5-24(6-8-25)17-18-37-29-12-13-30(37)15-14-29)33-22-35(40-3)34(39-2)21-32(33)28-10-9-27-20-31(38)16-11-26(27)19-28/h5-8,11,16,20-22,28-30,32-33,38H,4,9-10,12-15,17-19,23H2,1-3H3/t28-,29?,30?,32?,33?/m1/s1. The Bertz CT molecular complexity index is 1220. The monoisotopic (exact) mass is 542 g/mol. The van der Waals surface area contributed by atoms with E-state index in [4.69, 9.17) is 9.47 Å². The van der Waals surface area contributed by atoms with Crippen LogP contribution in [-0.4, -0.2) is 60.3 Å². The number of hydrogen-bond acceptors (Lipinski definition) is 5. The fourth-order valence-electron chi connectivity index (χ4n) is 8.02. The minimum atomic E-state index is 0.229. The molecule has 0 spiro atoms. The fraction of sp³-hybridized carbons (Fsp3) is 0.543. The van der Waals surface area contributed by atoms with E-state index in [9.17, 15) is 5.11 Å². The first-order chi connectivity index (χ1) is 19.6. The third-order valence-electron chi connectivity index (χ3n) is 10.2. The molecule has 2 unspecified atom stereocenters. The van der Waals surface area contributed by atoms with Crippen molar-refractivity contribution in [3.05, 3.63) is 88.4 Å². The quantitative estimate of drug-likeness (QED) is 0.385. The van der Waals surface area contributed by atoms with Crippen LogP contribution in [0.15, 0.2) is 66.1 Å². The Morgan fingerprint density at radius 3 is 2.20 bits per heavy atom. The predicted octanol–water partition coefficient (Wildman–Crippen LogP) is 6.25. The van der Waals surface area contributed by atoms with E-state index in [1.807, 2.05) is 12.1 Å². The van der Waals surface area contributed by atoms with Gasteiger partial charge in [0.15, 0.2) is 11.5 Å². The number of phenols is 1. The zero-order chi connectivity index (χ0) is 27.6. The Labute approximate surface area is 240 Å². The number of nitrogens with zero attached hydrogens (tertiary/aromatic N) is 2. The maximum atomic E-state index is 9.98. The average molecular weight is 543 g/mol. The van der Waals surface area contributed by atoms with Gasteiger partial charge in [0.25, 0.3) is 0 Å². The lowest BCUT2D eigenvalue weighted by Crippen LogP contribution is -2.44. The first-order valence-electron chi connectivity index (χ1n) is 15.5. The number of ether oxygens (including phenoxy) is 2. The van der Waals surface area contributed by atoms with Gasteiger partial charge in [-0.05, 0) is 110 Å². The van der Waals surface area contributed by atoms with Crippen molar-refractivity contribution in [2.45, 2.75) is 83.0 Å². The minimum Gasteiger partial charge on any atom is -0.508 e. The van der Waals surface area contributed by atoms with Gasteiger partial charge in [-0.3, -0.25) is 9.80 Å². The van der Waals surface area contributed by atoms with Crippen molar-refractivity contribution in [1.82, 2.24) is 9.80 Å². The lowest BCUT2D eigenvalue weighted by Gasteiger charge is -2.41. The Hall–Kier alpha value is -2.76. The molecule has 4 aliphatic rings. The van der Waals surface area contributed by atoms with Crippen LogP contribution in [0.4, 0.5) is 0 Å². The average Bonchev–Trinajstić information content (AvgIpc) is 3.58. The topological polar surface area (TPSA) is 45.2 Å². The summed E-state index contributed by atoms with van der Waals surface area (Å²) in [7, 11) is 3.48. The van der Waals surface area contributed by atoms with Crippen molar-refractivity contribution in [2.75, 3.05) is 27.3 Å². The molecule has 0 amide bonds. The summed E-state index contributed by atoms with van der Waals surface area (Å²) in [5.41, 5.74) is 5.47. The van der Waals surface area contributed by atoms with Gasteiger partial charge >= 0.3 is 0 Å². The van der Waals surface area contributed by atoms with Crippen LogP contribution >= 0.6 is 0 Å². The number of phenolic OH excluding ortho intramolecular Hbond substituents is 1. The highest BCUT2D eigenvalue weighted by molar-refractivity contribution is 5.38. The molecule has 1 N–H and O–H groups in total. The molecule has 2 bridgehead atoms. The maximum Gasteiger partial charge on any atom is 0.158 e. The summed E-state index contributed by atoms with van der Waals surface area (Å²) >= 11 is 0. The highest BCUT2D eigenvalue weighted by Crippen LogP contribution is 2.40. The lowest BCUT2D eigenvalue weighted by atomic mass is 9.72. The van der Waals surface area contributed by atoms with Crippen LogP contribution in [-0.2, 0) is 35.3 Å². The highest BCUT2D eigenvalue weighted by atomic mass is 16.5. The zero-order valence-electron chi connectivity index (χ0n) is 24.5. The van der Waals surface area contributed by atoms with E-state index in [0.29, 0.717) is 17.6 Å². The van der Waals surface area contributed by atoms with Crippen LogP contribution in [0, 0.1) is 11.8 Å². The van der Waals surface area contributed by atoms with Crippen LogP contribution < -0.4 is 0 Å². The van der Waals surface area contributed by atoms with Crippen molar-refractivity contribution in [3.63, 3.8) is 0 Å². The van der Waals surface area contributed by atoms with Crippen LogP contribution in [0.5, 0.6) is 5.75 Å². The molecule has 6 rings (SSSR count). The molecule has 2 heterocycles. The number of aromatic hydroxyl groups is 1. The molecular formula is C35H46N2O3. The third-order valence-corrected chi connectivity index (χ3v) is 10.2. The molecule has 2 fully saturated rings. The Morgan fingerprint density at radius 1 is 0.850 bits per heavy atom. The second kappa shape index (κ2) is 12.0. The van der Waals surface area contributed by atoms with Gasteiger partial charge in [0.05, 0.1) is 14.2 Å². The van der Waals surface area contributed by atoms with E-state index in [0.717, 1.165) is 62.4 Å². The summed E-state index contributed by atoms with van der Waals surface area (Å²) in [5.74, 6) is 2.86. The largest absolute Gasteiger partial charge is 0.508 e. The summed E-state index contributed by atoms with van der Waals surface area (Å²) in [6.45, 7) is 5.35. The van der Waals surface area contributed by atoms with E-state index >= 15 is 0 Å². The van der Waals surface area contributed by atoms with Gasteiger partial charge in [-0.25, -0.2) is 0 Å². The molecule has 2 aliphatic carbocycles. The van der Waals surface area contributed by atoms with E-state index in [1.165, 1.54) is 54.5 Å². The SMILES string of the molecule is CCN(Cc1ccc(CCN2C3CCC2CC3)cc1)C1C=C(OC)C(OC)=CC1[C@@H]1CCc2cc(O)ccc2C1. The van der Waals surface area contributed by atoms with E-state index in [1.54, 1.807) is 14.2 Å². The molecule has 5 heteroatoms. The van der Waals surface area contributed by atoms with Crippen LogP contribution in [0.2, 0.25) is 0 Å². The first-order valence-corrected chi connectivity index (χ1v) is 15.5. The molecule has 2 aromatic rings.